The largest absolute Gasteiger partial charge is 0.439 e. The van der Waals surface area contributed by atoms with Gasteiger partial charge in [0.25, 0.3) is 0 Å². The second kappa shape index (κ2) is 4.64. The van der Waals surface area contributed by atoms with Crippen molar-refractivity contribution in [3.63, 3.8) is 0 Å². The van der Waals surface area contributed by atoms with E-state index in [1.165, 1.54) is 0 Å². The fraction of sp³-hybridized carbons (Fsp3) is 0. The van der Waals surface area contributed by atoms with Gasteiger partial charge in [-0.1, -0.05) is 17.7 Å². The molecule has 0 bridgehead atoms. The van der Waals surface area contributed by atoms with Crippen molar-refractivity contribution in [2.24, 2.45) is 0 Å². The lowest BCUT2D eigenvalue weighted by atomic mass is 10.3. The molecule has 0 saturated carbocycles. The van der Waals surface area contributed by atoms with Gasteiger partial charge in [-0.3, -0.25) is 0 Å². The first-order valence-electron chi connectivity index (χ1n) is 4.29. The van der Waals surface area contributed by atoms with Gasteiger partial charge in [0.15, 0.2) is 0 Å². The number of pyridine rings is 1. The summed E-state index contributed by atoms with van der Waals surface area (Å²) in [5.41, 5.74) is 0. The molecule has 0 N–H and O–H groups in total. The maximum absolute atomic E-state index is 5.87. The van der Waals surface area contributed by atoms with Gasteiger partial charge in [0, 0.05) is 16.7 Å². The van der Waals surface area contributed by atoms with Crippen molar-refractivity contribution in [2.75, 3.05) is 0 Å². The van der Waals surface area contributed by atoms with Crippen LogP contribution in [0.3, 0.4) is 0 Å². The monoisotopic (exact) mass is 283 g/mol. The molecule has 1 aromatic heterocycles. The van der Waals surface area contributed by atoms with Crippen LogP contribution in [0.2, 0.25) is 5.02 Å². The molecule has 15 heavy (non-hydrogen) atoms. The Morgan fingerprint density at radius 3 is 2.73 bits per heavy atom. The molecular weight excluding hydrogens is 277 g/mol. The van der Waals surface area contributed by atoms with Crippen molar-refractivity contribution in [2.45, 2.75) is 0 Å². The van der Waals surface area contributed by atoms with Crippen LogP contribution in [0.4, 0.5) is 0 Å². The Bertz CT molecular complexity index is 461. The van der Waals surface area contributed by atoms with Crippen LogP contribution < -0.4 is 4.74 Å². The van der Waals surface area contributed by atoms with Crippen LogP contribution in [0.5, 0.6) is 11.6 Å². The summed E-state index contributed by atoms with van der Waals surface area (Å²) in [5.74, 6) is 1.26. The highest BCUT2D eigenvalue weighted by Gasteiger charge is 2.01. The third kappa shape index (κ3) is 2.70. The van der Waals surface area contributed by atoms with Crippen molar-refractivity contribution in [3.05, 3.63) is 52.1 Å². The zero-order valence-electron chi connectivity index (χ0n) is 7.65. The highest BCUT2D eigenvalue weighted by Crippen LogP contribution is 2.28. The summed E-state index contributed by atoms with van der Waals surface area (Å²) in [4.78, 5) is 4.06. The number of aromatic nitrogens is 1. The van der Waals surface area contributed by atoms with Crippen LogP contribution in [0.25, 0.3) is 0 Å². The minimum atomic E-state index is 0.562. The normalized spacial score (nSPS) is 10.0. The first kappa shape index (κ1) is 10.5. The van der Waals surface area contributed by atoms with E-state index in [-0.39, 0.29) is 0 Å². The molecule has 0 amide bonds. The first-order chi connectivity index (χ1) is 7.25. The Morgan fingerprint density at radius 2 is 2.07 bits per heavy atom. The number of benzene rings is 1. The summed E-state index contributed by atoms with van der Waals surface area (Å²) in [7, 11) is 0. The Labute approximate surface area is 101 Å². The number of rotatable bonds is 2. The Hall–Kier alpha value is -1.06. The lowest BCUT2D eigenvalue weighted by molar-refractivity contribution is 0.462. The van der Waals surface area contributed by atoms with Gasteiger partial charge in [-0.15, -0.1) is 0 Å². The van der Waals surface area contributed by atoms with Gasteiger partial charge in [0.05, 0.1) is 5.02 Å². The number of ether oxygens (including phenoxy) is 1. The molecule has 76 valence electrons. The van der Waals surface area contributed by atoms with E-state index < -0.39 is 0 Å². The number of hydrogen-bond donors (Lipinski definition) is 0. The van der Waals surface area contributed by atoms with Gasteiger partial charge in [0.1, 0.15) is 5.75 Å². The molecule has 4 heteroatoms. The predicted octanol–water partition coefficient (Wildman–Crippen LogP) is 4.29. The quantitative estimate of drug-likeness (QED) is 0.821. The molecule has 0 aliphatic heterocycles. The zero-order valence-corrected chi connectivity index (χ0v) is 9.99. The molecule has 1 aromatic carbocycles. The molecule has 0 spiro atoms. The summed E-state index contributed by atoms with van der Waals surface area (Å²) in [6.07, 6.45) is 1.68. The third-order valence-corrected chi connectivity index (χ3v) is 2.97. The summed E-state index contributed by atoms with van der Waals surface area (Å²) in [6.45, 7) is 0. The molecule has 0 saturated heterocycles. The zero-order chi connectivity index (χ0) is 10.7. The van der Waals surface area contributed by atoms with Gasteiger partial charge >= 0.3 is 0 Å². The van der Waals surface area contributed by atoms with Crippen LogP contribution in [0.1, 0.15) is 0 Å². The standard InChI is InChI=1S/C11H7BrClNO/c12-9-7-8(4-5-10(9)13)15-11-3-1-2-6-14-11/h1-7H. The van der Waals surface area contributed by atoms with Crippen LogP contribution in [-0.4, -0.2) is 4.98 Å². The maximum atomic E-state index is 5.87. The van der Waals surface area contributed by atoms with E-state index in [2.05, 4.69) is 20.9 Å². The maximum Gasteiger partial charge on any atom is 0.219 e. The van der Waals surface area contributed by atoms with Crippen molar-refractivity contribution >= 4 is 27.5 Å². The molecule has 0 aliphatic rings. The van der Waals surface area contributed by atoms with E-state index in [4.69, 9.17) is 16.3 Å². The minimum absolute atomic E-state index is 0.562. The number of halogens is 2. The van der Waals surface area contributed by atoms with E-state index in [1.54, 1.807) is 30.5 Å². The van der Waals surface area contributed by atoms with Crippen LogP contribution in [0, 0.1) is 0 Å². The molecule has 0 aliphatic carbocycles. The molecule has 0 unspecified atom stereocenters. The minimum Gasteiger partial charge on any atom is -0.439 e. The molecule has 2 nitrogen and oxygen atoms in total. The average molecular weight is 285 g/mol. The number of nitrogens with zero attached hydrogens (tertiary/aromatic N) is 1. The average Bonchev–Trinajstić information content (AvgIpc) is 2.25. The molecule has 0 fully saturated rings. The van der Waals surface area contributed by atoms with Crippen molar-refractivity contribution in [1.29, 1.82) is 0 Å². The fourth-order valence-electron chi connectivity index (χ4n) is 1.07. The van der Waals surface area contributed by atoms with Gasteiger partial charge in [-0.2, -0.15) is 0 Å². The molecule has 2 rings (SSSR count). The second-order valence-electron chi connectivity index (χ2n) is 2.85. The third-order valence-electron chi connectivity index (χ3n) is 1.75. The van der Waals surface area contributed by atoms with E-state index in [1.807, 2.05) is 12.1 Å². The summed E-state index contributed by atoms with van der Waals surface area (Å²) in [6, 6.07) is 10.9. The first-order valence-corrected chi connectivity index (χ1v) is 5.47. The highest BCUT2D eigenvalue weighted by atomic mass is 79.9. The molecule has 0 atom stereocenters. The van der Waals surface area contributed by atoms with E-state index in [0.29, 0.717) is 16.7 Å². The van der Waals surface area contributed by atoms with Crippen molar-refractivity contribution in [1.82, 2.24) is 4.98 Å². The molecular formula is C11H7BrClNO. The van der Waals surface area contributed by atoms with Crippen molar-refractivity contribution < 1.29 is 4.74 Å². The van der Waals surface area contributed by atoms with E-state index in [0.717, 1.165) is 4.47 Å². The van der Waals surface area contributed by atoms with Crippen LogP contribution >= 0.6 is 27.5 Å². The molecule has 1 heterocycles. The van der Waals surface area contributed by atoms with Gasteiger partial charge in [-0.25, -0.2) is 4.98 Å². The highest BCUT2D eigenvalue weighted by molar-refractivity contribution is 9.10. The Balaban J connectivity index is 2.22. The molecule has 2 aromatic rings. The SMILES string of the molecule is Clc1ccc(Oc2ccccn2)cc1Br. The summed E-state index contributed by atoms with van der Waals surface area (Å²) in [5, 5.41) is 0.656. The van der Waals surface area contributed by atoms with E-state index >= 15 is 0 Å². The lowest BCUT2D eigenvalue weighted by Gasteiger charge is -2.04. The van der Waals surface area contributed by atoms with Gasteiger partial charge in [-0.05, 0) is 40.2 Å². The van der Waals surface area contributed by atoms with Gasteiger partial charge < -0.3 is 4.74 Å². The Kier molecular flexibility index (Phi) is 3.23. The predicted molar refractivity (Wildman–Crippen MR) is 63.5 cm³/mol. The smallest absolute Gasteiger partial charge is 0.219 e. The lowest BCUT2D eigenvalue weighted by Crippen LogP contribution is -1.86. The topological polar surface area (TPSA) is 22.1 Å². The van der Waals surface area contributed by atoms with Crippen LogP contribution in [-0.2, 0) is 0 Å². The summed E-state index contributed by atoms with van der Waals surface area (Å²) < 4.78 is 6.32. The van der Waals surface area contributed by atoms with Crippen LogP contribution in [0.15, 0.2) is 47.1 Å². The fourth-order valence-corrected chi connectivity index (χ4v) is 1.54. The van der Waals surface area contributed by atoms with Crippen molar-refractivity contribution in [3.8, 4) is 11.6 Å². The Morgan fingerprint density at radius 1 is 1.20 bits per heavy atom. The van der Waals surface area contributed by atoms with Gasteiger partial charge in [0.2, 0.25) is 5.88 Å². The number of hydrogen-bond acceptors (Lipinski definition) is 2. The second-order valence-corrected chi connectivity index (χ2v) is 4.11. The molecule has 0 radical (unpaired) electrons. The van der Waals surface area contributed by atoms with E-state index in [9.17, 15) is 0 Å². The summed E-state index contributed by atoms with van der Waals surface area (Å²) >= 11 is 9.19.